The monoisotopic (exact) mass is 310 g/mol. The molecular formula is C13H30N2O6. The third-order valence-electron chi connectivity index (χ3n) is 2.75. The first kappa shape index (κ1) is 20.7. The molecule has 0 aromatic rings. The van der Waals surface area contributed by atoms with E-state index in [1.807, 2.05) is 6.92 Å². The number of likely N-dealkylation sites (N-methyl/N-ethyl adjacent to an activating group) is 2. The molecule has 0 aromatic carbocycles. The fraction of sp³-hybridized carbons (Fsp3) is 1.00. The summed E-state index contributed by atoms with van der Waals surface area (Å²) in [5.74, 6) is 0. The van der Waals surface area contributed by atoms with Crippen molar-refractivity contribution in [3.8, 4) is 0 Å². The van der Waals surface area contributed by atoms with Crippen molar-refractivity contribution < 1.29 is 29.5 Å². The van der Waals surface area contributed by atoms with Gasteiger partial charge >= 0.3 is 0 Å². The molecule has 21 heavy (non-hydrogen) atoms. The molecular weight excluding hydrogens is 280 g/mol. The van der Waals surface area contributed by atoms with E-state index in [1.54, 1.807) is 7.05 Å². The van der Waals surface area contributed by atoms with Gasteiger partial charge in [0.2, 0.25) is 0 Å². The van der Waals surface area contributed by atoms with E-state index in [4.69, 9.17) is 24.4 Å². The zero-order valence-corrected chi connectivity index (χ0v) is 13.0. The SMILES string of the molecule is CCNCC(COC(NC)C(CO)OCCO)OCCO. The average Bonchev–Trinajstić information content (AvgIpc) is 2.52. The van der Waals surface area contributed by atoms with Crippen molar-refractivity contribution in [3.63, 3.8) is 0 Å². The van der Waals surface area contributed by atoms with Crippen LogP contribution in [0.4, 0.5) is 0 Å². The number of rotatable bonds is 15. The molecule has 0 rings (SSSR count). The quantitative estimate of drug-likeness (QED) is 0.219. The second kappa shape index (κ2) is 14.6. The Hall–Kier alpha value is -0.320. The lowest BCUT2D eigenvalue weighted by Crippen LogP contribution is -2.46. The Morgan fingerprint density at radius 1 is 1.00 bits per heavy atom. The fourth-order valence-electron chi connectivity index (χ4n) is 1.72. The number of aliphatic hydroxyl groups excluding tert-OH is 3. The highest BCUT2D eigenvalue weighted by Gasteiger charge is 2.22. The summed E-state index contributed by atoms with van der Waals surface area (Å²) in [5, 5.41) is 32.9. The van der Waals surface area contributed by atoms with Gasteiger partial charge in [0.05, 0.1) is 45.7 Å². The predicted molar refractivity (Wildman–Crippen MR) is 78.1 cm³/mol. The zero-order valence-electron chi connectivity index (χ0n) is 13.0. The summed E-state index contributed by atoms with van der Waals surface area (Å²) in [6.07, 6.45) is -1.28. The van der Waals surface area contributed by atoms with E-state index in [2.05, 4.69) is 10.6 Å². The molecule has 0 saturated carbocycles. The maximum Gasteiger partial charge on any atom is 0.136 e. The van der Waals surface area contributed by atoms with Crippen LogP contribution < -0.4 is 10.6 Å². The molecule has 3 atom stereocenters. The summed E-state index contributed by atoms with van der Waals surface area (Å²) in [5.41, 5.74) is 0. The minimum Gasteiger partial charge on any atom is -0.394 e. The Morgan fingerprint density at radius 3 is 2.19 bits per heavy atom. The lowest BCUT2D eigenvalue weighted by atomic mass is 10.3. The summed E-state index contributed by atoms with van der Waals surface area (Å²) in [7, 11) is 1.70. The molecule has 0 spiro atoms. The van der Waals surface area contributed by atoms with Gasteiger partial charge in [0.1, 0.15) is 12.3 Å². The van der Waals surface area contributed by atoms with Crippen molar-refractivity contribution in [1.29, 1.82) is 0 Å². The summed E-state index contributed by atoms with van der Waals surface area (Å²) < 4.78 is 16.5. The van der Waals surface area contributed by atoms with Crippen LogP contribution in [0.1, 0.15) is 6.92 Å². The number of ether oxygens (including phenoxy) is 3. The highest BCUT2D eigenvalue weighted by molar-refractivity contribution is 4.69. The Bertz CT molecular complexity index is 215. The van der Waals surface area contributed by atoms with Crippen molar-refractivity contribution in [2.24, 2.45) is 0 Å². The highest BCUT2D eigenvalue weighted by atomic mass is 16.6. The summed E-state index contributed by atoms with van der Waals surface area (Å²) in [4.78, 5) is 0. The number of nitrogens with one attached hydrogen (secondary N) is 2. The third kappa shape index (κ3) is 10.1. The van der Waals surface area contributed by atoms with Gasteiger partial charge in [-0.05, 0) is 13.6 Å². The van der Waals surface area contributed by atoms with E-state index in [9.17, 15) is 5.11 Å². The van der Waals surface area contributed by atoms with Gasteiger partial charge in [-0.2, -0.15) is 0 Å². The summed E-state index contributed by atoms with van der Waals surface area (Å²) >= 11 is 0. The Morgan fingerprint density at radius 2 is 1.67 bits per heavy atom. The fourth-order valence-corrected chi connectivity index (χ4v) is 1.72. The van der Waals surface area contributed by atoms with Crippen LogP contribution in [-0.2, 0) is 14.2 Å². The molecule has 0 aromatic heterocycles. The van der Waals surface area contributed by atoms with Crippen LogP contribution in [0.5, 0.6) is 0 Å². The van der Waals surface area contributed by atoms with Crippen LogP contribution in [0.2, 0.25) is 0 Å². The molecule has 0 bridgehead atoms. The van der Waals surface area contributed by atoms with Gasteiger partial charge in [-0.25, -0.2) is 0 Å². The van der Waals surface area contributed by atoms with Crippen LogP contribution in [0.3, 0.4) is 0 Å². The van der Waals surface area contributed by atoms with Gasteiger partial charge < -0.3 is 34.8 Å². The largest absolute Gasteiger partial charge is 0.394 e. The van der Waals surface area contributed by atoms with E-state index >= 15 is 0 Å². The summed E-state index contributed by atoms with van der Waals surface area (Å²) in [6, 6.07) is 0. The van der Waals surface area contributed by atoms with E-state index in [0.717, 1.165) is 6.54 Å². The maximum atomic E-state index is 9.30. The van der Waals surface area contributed by atoms with Crippen LogP contribution in [-0.4, -0.2) is 93.5 Å². The molecule has 0 heterocycles. The standard InChI is InChI=1S/C13H30N2O6/c1-3-15-8-11(19-6-4-16)10-21-13(14-2)12(9-18)20-7-5-17/h11-18H,3-10H2,1-2H3. The molecule has 0 radical (unpaired) electrons. The number of aliphatic hydroxyl groups is 3. The number of hydrogen-bond acceptors (Lipinski definition) is 8. The van der Waals surface area contributed by atoms with Crippen LogP contribution in [0.15, 0.2) is 0 Å². The van der Waals surface area contributed by atoms with Crippen molar-refractivity contribution in [2.75, 3.05) is 59.8 Å². The first-order valence-corrected chi connectivity index (χ1v) is 7.28. The predicted octanol–water partition coefficient (Wildman–Crippen LogP) is -2.09. The highest BCUT2D eigenvalue weighted by Crippen LogP contribution is 2.03. The van der Waals surface area contributed by atoms with Crippen molar-refractivity contribution in [3.05, 3.63) is 0 Å². The topological polar surface area (TPSA) is 112 Å². The minimum atomic E-state index is -0.570. The Balaban J connectivity index is 4.26. The second-order valence-electron chi connectivity index (χ2n) is 4.38. The van der Waals surface area contributed by atoms with Gasteiger partial charge in [-0.15, -0.1) is 0 Å². The normalized spacial score (nSPS) is 15.9. The molecule has 3 unspecified atom stereocenters. The zero-order chi connectivity index (χ0) is 15.9. The molecule has 0 aliphatic carbocycles. The van der Waals surface area contributed by atoms with E-state index in [1.165, 1.54) is 0 Å². The molecule has 0 aliphatic rings. The van der Waals surface area contributed by atoms with Crippen LogP contribution in [0, 0.1) is 0 Å². The van der Waals surface area contributed by atoms with Crippen LogP contribution >= 0.6 is 0 Å². The average molecular weight is 310 g/mol. The molecule has 0 fully saturated rings. The van der Waals surface area contributed by atoms with E-state index in [-0.39, 0.29) is 45.7 Å². The lowest BCUT2D eigenvalue weighted by molar-refractivity contribution is -0.128. The molecule has 8 heteroatoms. The molecule has 0 amide bonds. The van der Waals surface area contributed by atoms with Gasteiger partial charge in [0, 0.05) is 6.54 Å². The van der Waals surface area contributed by atoms with Gasteiger partial charge in [-0.1, -0.05) is 6.92 Å². The second-order valence-corrected chi connectivity index (χ2v) is 4.38. The van der Waals surface area contributed by atoms with E-state index < -0.39 is 12.3 Å². The van der Waals surface area contributed by atoms with Gasteiger partial charge in [0.15, 0.2) is 0 Å². The molecule has 0 saturated heterocycles. The first-order valence-electron chi connectivity index (χ1n) is 7.28. The van der Waals surface area contributed by atoms with Gasteiger partial charge in [-0.3, -0.25) is 5.32 Å². The lowest BCUT2D eigenvalue weighted by Gasteiger charge is -2.27. The Kier molecular flexibility index (Phi) is 14.4. The Labute approximate surface area is 126 Å². The maximum absolute atomic E-state index is 9.30. The number of hydrogen-bond donors (Lipinski definition) is 5. The van der Waals surface area contributed by atoms with Crippen molar-refractivity contribution in [1.82, 2.24) is 10.6 Å². The van der Waals surface area contributed by atoms with Crippen molar-refractivity contribution >= 4 is 0 Å². The van der Waals surface area contributed by atoms with Gasteiger partial charge in [0.25, 0.3) is 0 Å². The molecule has 0 aliphatic heterocycles. The third-order valence-corrected chi connectivity index (χ3v) is 2.75. The van der Waals surface area contributed by atoms with E-state index in [0.29, 0.717) is 6.54 Å². The first-order chi connectivity index (χ1) is 10.2. The minimum absolute atomic E-state index is 0.0447. The summed E-state index contributed by atoms with van der Waals surface area (Å²) in [6.45, 7) is 3.69. The molecule has 5 N–H and O–H groups in total. The molecule has 128 valence electrons. The molecule has 8 nitrogen and oxygen atoms in total. The van der Waals surface area contributed by atoms with Crippen molar-refractivity contribution in [2.45, 2.75) is 25.4 Å². The van der Waals surface area contributed by atoms with Crippen LogP contribution in [0.25, 0.3) is 0 Å². The smallest absolute Gasteiger partial charge is 0.136 e.